The molecule has 0 atom stereocenters. The van der Waals surface area contributed by atoms with Crippen LogP contribution in [0, 0.1) is 6.92 Å². The maximum Gasteiger partial charge on any atom is 0.276 e. The number of benzene rings is 1. The standard InChI is InChI=1S/C13H14N4O4S/c1-9(18)8-12(19)13-10(2)17(15-14-13)16-22(20,21)11-6-4-3-5-7-11/h3-7,16H,8H2,1-2H3. The Morgan fingerprint density at radius 1 is 1.23 bits per heavy atom. The maximum absolute atomic E-state index is 12.2. The van der Waals surface area contributed by atoms with Crippen LogP contribution in [0.4, 0.5) is 0 Å². The van der Waals surface area contributed by atoms with E-state index in [2.05, 4.69) is 15.1 Å². The van der Waals surface area contributed by atoms with E-state index in [1.165, 1.54) is 26.0 Å². The van der Waals surface area contributed by atoms with Crippen molar-refractivity contribution in [1.82, 2.24) is 15.1 Å². The van der Waals surface area contributed by atoms with Gasteiger partial charge in [-0.15, -0.1) is 9.89 Å². The van der Waals surface area contributed by atoms with Crippen molar-refractivity contribution in [1.29, 1.82) is 0 Å². The van der Waals surface area contributed by atoms with Crippen LogP contribution in [0.1, 0.15) is 29.5 Å². The van der Waals surface area contributed by atoms with Crippen molar-refractivity contribution in [3.05, 3.63) is 41.7 Å². The number of sulfonamides is 1. The highest BCUT2D eigenvalue weighted by Gasteiger charge is 2.21. The number of carbonyl (C=O) groups is 2. The van der Waals surface area contributed by atoms with Crippen LogP contribution in [0.25, 0.3) is 0 Å². The number of nitrogens with one attached hydrogen (secondary N) is 1. The molecule has 1 N–H and O–H groups in total. The Bertz CT molecular complexity index is 812. The van der Waals surface area contributed by atoms with E-state index in [0.29, 0.717) is 0 Å². The molecule has 2 rings (SSSR count). The summed E-state index contributed by atoms with van der Waals surface area (Å²) in [6.07, 6.45) is -0.301. The van der Waals surface area contributed by atoms with E-state index in [0.717, 1.165) is 4.79 Å². The Hall–Kier alpha value is -2.55. The average Bonchev–Trinajstić information content (AvgIpc) is 2.80. The zero-order valence-electron chi connectivity index (χ0n) is 12.0. The molecule has 0 saturated heterocycles. The van der Waals surface area contributed by atoms with Crippen molar-refractivity contribution in [2.24, 2.45) is 0 Å². The van der Waals surface area contributed by atoms with Crippen molar-refractivity contribution < 1.29 is 18.0 Å². The van der Waals surface area contributed by atoms with Crippen LogP contribution < -0.4 is 4.83 Å². The Morgan fingerprint density at radius 2 is 1.86 bits per heavy atom. The average molecular weight is 322 g/mol. The largest absolute Gasteiger partial charge is 0.300 e. The maximum atomic E-state index is 12.2. The van der Waals surface area contributed by atoms with Gasteiger partial charge in [-0.3, -0.25) is 9.59 Å². The first-order valence-corrected chi connectivity index (χ1v) is 7.82. The SMILES string of the molecule is CC(=O)CC(=O)c1nnn(NS(=O)(=O)c2ccccc2)c1C. The monoisotopic (exact) mass is 322 g/mol. The van der Waals surface area contributed by atoms with Gasteiger partial charge in [0, 0.05) is 0 Å². The van der Waals surface area contributed by atoms with Gasteiger partial charge in [-0.2, -0.15) is 13.2 Å². The number of ketones is 2. The van der Waals surface area contributed by atoms with Crippen LogP contribution in [0.5, 0.6) is 0 Å². The van der Waals surface area contributed by atoms with Crippen LogP contribution >= 0.6 is 0 Å². The third-order valence-electron chi connectivity index (χ3n) is 2.83. The van der Waals surface area contributed by atoms with Gasteiger partial charge in [-0.1, -0.05) is 18.2 Å². The lowest BCUT2D eigenvalue weighted by Gasteiger charge is -2.08. The van der Waals surface area contributed by atoms with Gasteiger partial charge >= 0.3 is 0 Å². The predicted octanol–water partition coefficient (Wildman–Crippen LogP) is 0.681. The van der Waals surface area contributed by atoms with Crippen molar-refractivity contribution in [3.8, 4) is 0 Å². The summed E-state index contributed by atoms with van der Waals surface area (Å²) in [6.45, 7) is 2.77. The van der Waals surface area contributed by atoms with Crippen molar-refractivity contribution in [2.75, 3.05) is 4.83 Å². The molecule has 1 aromatic carbocycles. The fourth-order valence-electron chi connectivity index (χ4n) is 1.75. The molecule has 0 bridgehead atoms. The first-order valence-electron chi connectivity index (χ1n) is 6.34. The summed E-state index contributed by atoms with van der Waals surface area (Å²) >= 11 is 0. The third kappa shape index (κ3) is 3.37. The predicted molar refractivity (Wildman–Crippen MR) is 77.4 cm³/mol. The van der Waals surface area contributed by atoms with Gasteiger partial charge in [0.05, 0.1) is 17.0 Å². The lowest BCUT2D eigenvalue weighted by Crippen LogP contribution is -2.25. The van der Waals surface area contributed by atoms with Crippen LogP contribution in [0.3, 0.4) is 0 Å². The zero-order chi connectivity index (χ0) is 16.3. The van der Waals surface area contributed by atoms with Crippen LogP contribution in [0.2, 0.25) is 0 Å². The fraction of sp³-hybridized carbons (Fsp3) is 0.231. The minimum absolute atomic E-state index is 0.0361. The topological polar surface area (TPSA) is 111 Å². The molecule has 0 aliphatic carbocycles. The van der Waals surface area contributed by atoms with E-state index < -0.39 is 15.8 Å². The van der Waals surface area contributed by atoms with E-state index in [4.69, 9.17) is 0 Å². The summed E-state index contributed by atoms with van der Waals surface area (Å²) in [6, 6.07) is 7.72. The molecule has 116 valence electrons. The highest BCUT2D eigenvalue weighted by Crippen LogP contribution is 2.11. The summed E-state index contributed by atoms with van der Waals surface area (Å²) in [7, 11) is -3.84. The molecule has 1 aromatic heterocycles. The summed E-state index contributed by atoms with van der Waals surface area (Å²) < 4.78 is 24.3. The van der Waals surface area contributed by atoms with Crippen LogP contribution in [-0.4, -0.2) is 35.1 Å². The van der Waals surface area contributed by atoms with Gasteiger partial charge in [0.2, 0.25) is 0 Å². The van der Waals surface area contributed by atoms with Crippen LogP contribution in [-0.2, 0) is 14.8 Å². The molecule has 0 amide bonds. The molecule has 0 aliphatic rings. The van der Waals surface area contributed by atoms with Crippen molar-refractivity contribution in [3.63, 3.8) is 0 Å². The van der Waals surface area contributed by atoms with Crippen molar-refractivity contribution in [2.45, 2.75) is 25.2 Å². The zero-order valence-corrected chi connectivity index (χ0v) is 12.8. The molecular formula is C13H14N4O4S. The molecule has 8 nitrogen and oxygen atoms in total. The Morgan fingerprint density at radius 3 is 2.45 bits per heavy atom. The molecule has 9 heteroatoms. The lowest BCUT2D eigenvalue weighted by atomic mass is 10.1. The summed E-state index contributed by atoms with van der Waals surface area (Å²) in [4.78, 5) is 25.9. The summed E-state index contributed by atoms with van der Waals surface area (Å²) in [5.41, 5.74) is 0.178. The van der Waals surface area contributed by atoms with E-state index in [1.807, 2.05) is 0 Å². The molecular weight excluding hydrogens is 308 g/mol. The van der Waals surface area contributed by atoms with Gasteiger partial charge in [-0.25, -0.2) is 0 Å². The normalized spacial score (nSPS) is 11.2. The number of Topliss-reactive ketones (excluding diaryl/α,β-unsaturated/α-hetero) is 2. The third-order valence-corrected chi connectivity index (χ3v) is 4.13. The van der Waals surface area contributed by atoms with Gasteiger partial charge in [-0.05, 0) is 31.2 Å². The Labute approximate surface area is 127 Å². The molecule has 0 aliphatic heterocycles. The van der Waals surface area contributed by atoms with E-state index in [1.54, 1.807) is 18.2 Å². The molecule has 2 aromatic rings. The highest BCUT2D eigenvalue weighted by atomic mass is 32.2. The van der Waals surface area contributed by atoms with Crippen LogP contribution in [0.15, 0.2) is 35.2 Å². The number of aromatic nitrogens is 3. The molecule has 0 spiro atoms. The van der Waals surface area contributed by atoms with Gasteiger partial charge < -0.3 is 0 Å². The molecule has 0 unspecified atom stereocenters. The van der Waals surface area contributed by atoms with Gasteiger partial charge in [0.25, 0.3) is 10.0 Å². The molecule has 0 saturated carbocycles. The Kier molecular flexibility index (Phi) is 4.36. The molecule has 0 fully saturated rings. The molecule has 1 heterocycles. The quantitative estimate of drug-likeness (QED) is 0.618. The van der Waals surface area contributed by atoms with E-state index >= 15 is 0 Å². The highest BCUT2D eigenvalue weighted by molar-refractivity contribution is 7.92. The number of nitrogens with zero attached hydrogens (tertiary/aromatic N) is 3. The van der Waals surface area contributed by atoms with Gasteiger partial charge in [0.15, 0.2) is 11.5 Å². The minimum Gasteiger partial charge on any atom is -0.300 e. The van der Waals surface area contributed by atoms with Crippen molar-refractivity contribution >= 4 is 21.6 Å². The smallest absolute Gasteiger partial charge is 0.276 e. The first kappa shape index (κ1) is 15.8. The number of hydrogen-bond acceptors (Lipinski definition) is 6. The van der Waals surface area contributed by atoms with E-state index in [-0.39, 0.29) is 28.5 Å². The number of rotatable bonds is 6. The minimum atomic E-state index is -3.84. The molecule has 0 radical (unpaired) electrons. The second-order valence-corrected chi connectivity index (χ2v) is 6.31. The first-order chi connectivity index (χ1) is 10.3. The number of carbonyl (C=O) groups excluding carboxylic acids is 2. The second-order valence-electron chi connectivity index (χ2n) is 4.65. The summed E-state index contributed by atoms with van der Waals surface area (Å²) in [5.74, 6) is -0.807. The fourth-order valence-corrected chi connectivity index (χ4v) is 2.77. The summed E-state index contributed by atoms with van der Waals surface area (Å²) in [5, 5.41) is 7.23. The number of hydrogen-bond donors (Lipinski definition) is 1. The van der Waals surface area contributed by atoms with E-state index in [9.17, 15) is 18.0 Å². The van der Waals surface area contributed by atoms with Gasteiger partial charge in [0.1, 0.15) is 5.78 Å². The lowest BCUT2D eigenvalue weighted by molar-refractivity contribution is -0.116. The second kappa shape index (κ2) is 6.06. The molecule has 22 heavy (non-hydrogen) atoms. The Balaban J connectivity index is 2.27.